The van der Waals surface area contributed by atoms with Crippen LogP contribution in [0.5, 0.6) is 0 Å². The number of hydrogen-bond acceptors (Lipinski definition) is 3. The lowest BCUT2D eigenvalue weighted by Gasteiger charge is -2.12. The Balaban J connectivity index is 2.42. The number of nitrogens with one attached hydrogen (secondary N) is 2. The largest absolute Gasteiger partial charge is 0.465 e. The summed E-state index contributed by atoms with van der Waals surface area (Å²) < 4.78 is 0. The summed E-state index contributed by atoms with van der Waals surface area (Å²) in [4.78, 5) is 20.5. The van der Waals surface area contributed by atoms with Crippen LogP contribution in [0, 0.1) is 0 Å². The average Bonchev–Trinajstić information content (AvgIpc) is 2.28. The summed E-state index contributed by atoms with van der Waals surface area (Å²) in [5.74, 6) is 0. The second kappa shape index (κ2) is 4.14. The van der Waals surface area contributed by atoms with E-state index in [9.17, 15) is 14.7 Å². The summed E-state index contributed by atoms with van der Waals surface area (Å²) in [6, 6.07) is -0.983. The monoisotopic (exact) mass is 204 g/mol. The van der Waals surface area contributed by atoms with Gasteiger partial charge in [-0.1, -0.05) is 0 Å². The van der Waals surface area contributed by atoms with E-state index in [1.54, 1.807) is 0 Å². The van der Waals surface area contributed by atoms with Crippen LogP contribution in [0.2, 0.25) is 0 Å². The maximum atomic E-state index is 10.3. The van der Waals surface area contributed by atoms with Crippen molar-refractivity contribution in [3.8, 4) is 0 Å². The topological polar surface area (TPSA) is 119 Å². The summed E-state index contributed by atoms with van der Waals surface area (Å²) in [6.45, 7) is 0. The Morgan fingerprint density at radius 2 is 1.64 bits per heavy atom. The molecule has 80 valence electrons. The highest BCUT2D eigenvalue weighted by molar-refractivity contribution is 5.66. The zero-order valence-electron chi connectivity index (χ0n) is 7.30. The van der Waals surface area contributed by atoms with Crippen LogP contribution in [0.4, 0.5) is 9.59 Å². The molecule has 1 aliphatic carbocycles. The Hall–Kier alpha value is -1.50. The van der Waals surface area contributed by atoms with Crippen molar-refractivity contribution in [2.24, 2.45) is 0 Å². The Morgan fingerprint density at radius 1 is 1.07 bits per heavy atom. The number of carbonyl (C=O) groups is 2. The standard InChI is InChI=1S/C7H12N2O5/c10-5-2-3(8-6(11)12)1-4(5)9-7(13)14/h3-5,8-10H,1-2H2,(H,11,12)(H,13,14)/t3-,4-,5?/m1/s1. The first-order valence-electron chi connectivity index (χ1n) is 4.16. The van der Waals surface area contributed by atoms with Gasteiger partial charge in [-0.05, 0) is 12.8 Å². The van der Waals surface area contributed by atoms with Crippen molar-refractivity contribution in [2.75, 3.05) is 0 Å². The van der Waals surface area contributed by atoms with Crippen molar-refractivity contribution in [1.29, 1.82) is 0 Å². The highest BCUT2D eigenvalue weighted by Gasteiger charge is 2.34. The molecule has 5 N–H and O–H groups in total. The molecule has 1 unspecified atom stereocenters. The lowest BCUT2D eigenvalue weighted by atomic mass is 10.2. The summed E-state index contributed by atoms with van der Waals surface area (Å²) in [5, 5.41) is 30.5. The van der Waals surface area contributed by atoms with Crippen LogP contribution >= 0.6 is 0 Å². The highest BCUT2D eigenvalue weighted by Crippen LogP contribution is 2.19. The molecule has 7 nitrogen and oxygen atoms in total. The van der Waals surface area contributed by atoms with Gasteiger partial charge >= 0.3 is 12.2 Å². The van der Waals surface area contributed by atoms with E-state index in [-0.39, 0.29) is 18.9 Å². The molecule has 3 atom stereocenters. The first kappa shape index (κ1) is 10.6. The fraction of sp³-hybridized carbons (Fsp3) is 0.714. The fourth-order valence-electron chi connectivity index (χ4n) is 1.62. The van der Waals surface area contributed by atoms with Gasteiger partial charge in [0, 0.05) is 6.04 Å². The van der Waals surface area contributed by atoms with Crippen LogP contribution < -0.4 is 10.6 Å². The Kier molecular flexibility index (Phi) is 3.13. The summed E-state index contributed by atoms with van der Waals surface area (Å²) in [6.07, 6.45) is -2.71. The van der Waals surface area contributed by atoms with Crippen LogP contribution in [0.1, 0.15) is 12.8 Å². The minimum absolute atomic E-state index is 0.233. The third-order valence-electron chi connectivity index (χ3n) is 2.17. The molecule has 0 aromatic carbocycles. The maximum absolute atomic E-state index is 10.3. The van der Waals surface area contributed by atoms with Crippen molar-refractivity contribution in [3.63, 3.8) is 0 Å². The molecule has 0 heterocycles. The van der Waals surface area contributed by atoms with Gasteiger partial charge in [-0.15, -0.1) is 0 Å². The molecule has 0 aliphatic heterocycles. The van der Waals surface area contributed by atoms with E-state index in [0.717, 1.165) is 0 Å². The van der Waals surface area contributed by atoms with Gasteiger partial charge in [0.05, 0.1) is 12.1 Å². The molecule has 0 saturated heterocycles. The minimum atomic E-state index is -1.22. The van der Waals surface area contributed by atoms with Gasteiger partial charge in [0.1, 0.15) is 0 Å². The molecule has 1 aliphatic rings. The molecule has 0 aromatic rings. The van der Waals surface area contributed by atoms with Gasteiger partial charge in [-0.3, -0.25) is 0 Å². The molecule has 1 saturated carbocycles. The normalized spacial score (nSPS) is 31.1. The van der Waals surface area contributed by atoms with Crippen LogP contribution in [0.25, 0.3) is 0 Å². The minimum Gasteiger partial charge on any atom is -0.465 e. The second-order valence-corrected chi connectivity index (χ2v) is 3.24. The molecule has 0 spiro atoms. The molecule has 0 bridgehead atoms. The molecular formula is C7H12N2O5. The third kappa shape index (κ3) is 2.77. The SMILES string of the molecule is O=C(O)N[C@H]1CC(O)[C@H](NC(=O)O)C1. The van der Waals surface area contributed by atoms with E-state index in [4.69, 9.17) is 10.2 Å². The lowest BCUT2D eigenvalue weighted by Crippen LogP contribution is -2.39. The number of aliphatic hydroxyl groups is 1. The van der Waals surface area contributed by atoms with E-state index in [1.807, 2.05) is 0 Å². The number of amides is 2. The Morgan fingerprint density at radius 3 is 2.14 bits per heavy atom. The van der Waals surface area contributed by atoms with Crippen LogP contribution in [-0.2, 0) is 0 Å². The molecule has 14 heavy (non-hydrogen) atoms. The molecule has 1 fully saturated rings. The highest BCUT2D eigenvalue weighted by atomic mass is 16.4. The Bertz CT molecular complexity index is 244. The molecule has 1 rings (SSSR count). The zero-order chi connectivity index (χ0) is 10.7. The van der Waals surface area contributed by atoms with Gasteiger partial charge in [0.25, 0.3) is 0 Å². The van der Waals surface area contributed by atoms with Gasteiger partial charge in [-0.25, -0.2) is 9.59 Å². The predicted molar refractivity (Wildman–Crippen MR) is 45.1 cm³/mol. The molecule has 7 heteroatoms. The number of aliphatic hydroxyl groups excluding tert-OH is 1. The summed E-state index contributed by atoms with van der Waals surface area (Å²) in [5.41, 5.74) is 0. The first-order chi connectivity index (χ1) is 6.49. The van der Waals surface area contributed by atoms with Crippen LogP contribution in [0.3, 0.4) is 0 Å². The van der Waals surface area contributed by atoms with E-state index in [1.165, 1.54) is 0 Å². The Labute approximate surface area is 79.7 Å². The van der Waals surface area contributed by atoms with Crippen LogP contribution in [0.15, 0.2) is 0 Å². The quantitative estimate of drug-likeness (QED) is 0.412. The van der Waals surface area contributed by atoms with Gasteiger partial charge < -0.3 is 26.0 Å². The predicted octanol–water partition coefficient (Wildman–Crippen LogP) is -0.587. The number of rotatable bonds is 2. The van der Waals surface area contributed by atoms with Gasteiger partial charge in [0.2, 0.25) is 0 Å². The molecular weight excluding hydrogens is 192 g/mol. The van der Waals surface area contributed by atoms with Crippen molar-refractivity contribution >= 4 is 12.2 Å². The van der Waals surface area contributed by atoms with Crippen molar-refractivity contribution in [3.05, 3.63) is 0 Å². The summed E-state index contributed by atoms with van der Waals surface area (Å²) in [7, 11) is 0. The van der Waals surface area contributed by atoms with Crippen molar-refractivity contribution < 1.29 is 24.9 Å². The van der Waals surface area contributed by atoms with E-state index in [0.29, 0.717) is 0 Å². The maximum Gasteiger partial charge on any atom is 0.404 e. The number of carboxylic acid groups (broad SMARTS) is 2. The molecule has 0 radical (unpaired) electrons. The van der Waals surface area contributed by atoms with E-state index in [2.05, 4.69) is 10.6 Å². The van der Waals surface area contributed by atoms with E-state index < -0.39 is 24.3 Å². The lowest BCUT2D eigenvalue weighted by molar-refractivity contribution is 0.136. The van der Waals surface area contributed by atoms with E-state index >= 15 is 0 Å². The number of hydrogen-bond donors (Lipinski definition) is 5. The fourth-order valence-corrected chi connectivity index (χ4v) is 1.62. The second-order valence-electron chi connectivity index (χ2n) is 3.24. The van der Waals surface area contributed by atoms with Crippen molar-refractivity contribution in [2.45, 2.75) is 31.0 Å². The van der Waals surface area contributed by atoms with Crippen molar-refractivity contribution in [1.82, 2.24) is 10.6 Å². The first-order valence-corrected chi connectivity index (χ1v) is 4.16. The molecule has 2 amide bonds. The third-order valence-corrected chi connectivity index (χ3v) is 2.17. The zero-order valence-corrected chi connectivity index (χ0v) is 7.30. The van der Waals surface area contributed by atoms with Gasteiger partial charge in [0.15, 0.2) is 0 Å². The average molecular weight is 204 g/mol. The smallest absolute Gasteiger partial charge is 0.404 e. The van der Waals surface area contributed by atoms with Gasteiger partial charge in [-0.2, -0.15) is 0 Å². The molecule has 0 aromatic heterocycles. The van der Waals surface area contributed by atoms with Crippen LogP contribution in [-0.4, -0.2) is 45.7 Å². The summed E-state index contributed by atoms with van der Waals surface area (Å²) >= 11 is 0.